The van der Waals surface area contributed by atoms with Crippen LogP contribution in [0.2, 0.25) is 0 Å². The topological polar surface area (TPSA) is 86.0 Å². The second kappa shape index (κ2) is 7.41. The molecule has 0 spiro atoms. The molecule has 0 aliphatic heterocycles. The van der Waals surface area contributed by atoms with E-state index in [2.05, 4.69) is 0 Å². The van der Waals surface area contributed by atoms with E-state index in [1.807, 2.05) is 0 Å². The van der Waals surface area contributed by atoms with Gasteiger partial charge in [0, 0.05) is 13.1 Å². The van der Waals surface area contributed by atoms with Crippen molar-refractivity contribution in [2.45, 2.75) is 19.4 Å². The van der Waals surface area contributed by atoms with Crippen LogP contribution < -0.4 is 8.92 Å². The highest BCUT2D eigenvalue weighted by molar-refractivity contribution is 7.86. The SMILES string of the molecule is COc1ccc(CN(CC2CC2)C(=O)c2ccco2)cc1OS(C)(=O)=O. The lowest BCUT2D eigenvalue weighted by Gasteiger charge is -2.22. The van der Waals surface area contributed by atoms with E-state index in [-0.39, 0.29) is 17.4 Å². The van der Waals surface area contributed by atoms with Crippen molar-refractivity contribution < 1.29 is 26.5 Å². The summed E-state index contributed by atoms with van der Waals surface area (Å²) < 4.78 is 38.3. The first-order valence-electron chi connectivity index (χ1n) is 8.25. The third-order valence-electron chi connectivity index (χ3n) is 4.04. The maximum Gasteiger partial charge on any atom is 0.306 e. The number of carbonyl (C=O) groups excluding carboxylic acids is 1. The zero-order valence-electron chi connectivity index (χ0n) is 14.7. The molecule has 1 amide bonds. The molecule has 7 nitrogen and oxygen atoms in total. The standard InChI is InChI=1S/C18H21NO6S/c1-23-15-8-7-14(10-17(15)25-26(2,21)22)12-19(11-13-5-6-13)18(20)16-4-3-9-24-16/h3-4,7-10,13H,5-6,11-12H2,1-2H3. The third-order valence-corrected chi connectivity index (χ3v) is 4.52. The lowest BCUT2D eigenvalue weighted by molar-refractivity contribution is 0.0702. The van der Waals surface area contributed by atoms with Gasteiger partial charge in [-0.25, -0.2) is 0 Å². The van der Waals surface area contributed by atoms with Crippen LogP contribution in [0.4, 0.5) is 0 Å². The molecule has 1 saturated carbocycles. The zero-order valence-corrected chi connectivity index (χ0v) is 15.5. The summed E-state index contributed by atoms with van der Waals surface area (Å²) >= 11 is 0. The Labute approximate surface area is 152 Å². The molecule has 1 aromatic heterocycles. The van der Waals surface area contributed by atoms with Gasteiger partial charge in [-0.05, 0) is 48.6 Å². The van der Waals surface area contributed by atoms with Crippen molar-refractivity contribution in [3.8, 4) is 11.5 Å². The van der Waals surface area contributed by atoms with Crippen LogP contribution in [0.15, 0.2) is 41.0 Å². The molecule has 0 bridgehead atoms. The first kappa shape index (κ1) is 18.3. The van der Waals surface area contributed by atoms with Crippen LogP contribution in [0.5, 0.6) is 11.5 Å². The number of furan rings is 1. The van der Waals surface area contributed by atoms with Gasteiger partial charge in [-0.3, -0.25) is 4.79 Å². The molecular formula is C18H21NO6S. The van der Waals surface area contributed by atoms with Gasteiger partial charge in [0.1, 0.15) is 0 Å². The predicted octanol–water partition coefficient (Wildman–Crippen LogP) is 2.68. The predicted molar refractivity (Wildman–Crippen MR) is 94.6 cm³/mol. The summed E-state index contributed by atoms with van der Waals surface area (Å²) in [4.78, 5) is 14.4. The van der Waals surface area contributed by atoms with Crippen molar-refractivity contribution >= 4 is 16.0 Å². The van der Waals surface area contributed by atoms with E-state index in [1.54, 1.807) is 35.2 Å². The Morgan fingerprint density at radius 3 is 2.62 bits per heavy atom. The van der Waals surface area contributed by atoms with E-state index in [4.69, 9.17) is 13.3 Å². The molecule has 1 heterocycles. The summed E-state index contributed by atoms with van der Waals surface area (Å²) in [6.45, 7) is 0.952. The first-order valence-corrected chi connectivity index (χ1v) is 10.1. The van der Waals surface area contributed by atoms with Gasteiger partial charge in [0.05, 0.1) is 19.6 Å². The largest absolute Gasteiger partial charge is 0.493 e. The second-order valence-electron chi connectivity index (χ2n) is 6.38. The smallest absolute Gasteiger partial charge is 0.306 e. The number of nitrogens with zero attached hydrogens (tertiary/aromatic N) is 1. The van der Waals surface area contributed by atoms with Crippen LogP contribution in [-0.2, 0) is 16.7 Å². The monoisotopic (exact) mass is 379 g/mol. The summed E-state index contributed by atoms with van der Waals surface area (Å²) in [6, 6.07) is 8.30. The number of hydrogen-bond acceptors (Lipinski definition) is 6. The molecule has 8 heteroatoms. The van der Waals surface area contributed by atoms with Crippen molar-refractivity contribution in [2.75, 3.05) is 19.9 Å². The highest BCUT2D eigenvalue weighted by Crippen LogP contribution is 2.32. The van der Waals surface area contributed by atoms with Gasteiger partial charge < -0.3 is 18.2 Å². The summed E-state index contributed by atoms with van der Waals surface area (Å²) in [5, 5.41) is 0. The van der Waals surface area contributed by atoms with Crippen molar-refractivity contribution in [1.82, 2.24) is 4.90 Å². The number of amides is 1. The second-order valence-corrected chi connectivity index (χ2v) is 7.95. The zero-order chi connectivity index (χ0) is 18.7. The fraction of sp³-hybridized carbons (Fsp3) is 0.389. The van der Waals surface area contributed by atoms with Gasteiger partial charge in [-0.15, -0.1) is 0 Å². The summed E-state index contributed by atoms with van der Waals surface area (Å²) in [5.74, 6) is 1.00. The minimum atomic E-state index is -3.69. The van der Waals surface area contributed by atoms with E-state index in [0.717, 1.165) is 24.7 Å². The van der Waals surface area contributed by atoms with Gasteiger partial charge in [0.25, 0.3) is 5.91 Å². The normalized spacial score (nSPS) is 14.1. The Morgan fingerprint density at radius 2 is 2.04 bits per heavy atom. The fourth-order valence-corrected chi connectivity index (χ4v) is 3.11. The van der Waals surface area contributed by atoms with E-state index < -0.39 is 10.1 Å². The molecule has 0 atom stereocenters. The highest BCUT2D eigenvalue weighted by Gasteiger charge is 2.28. The summed E-state index contributed by atoms with van der Waals surface area (Å²) in [7, 11) is -2.26. The van der Waals surface area contributed by atoms with Crippen LogP contribution >= 0.6 is 0 Å². The first-order chi connectivity index (χ1) is 12.4. The van der Waals surface area contributed by atoms with E-state index in [0.29, 0.717) is 24.8 Å². The molecule has 0 radical (unpaired) electrons. The number of ether oxygens (including phenoxy) is 1. The lowest BCUT2D eigenvalue weighted by Crippen LogP contribution is -2.32. The molecule has 1 fully saturated rings. The number of carbonyl (C=O) groups is 1. The minimum absolute atomic E-state index is 0.101. The molecule has 1 aliphatic carbocycles. The molecule has 26 heavy (non-hydrogen) atoms. The summed E-state index contributed by atoms with van der Waals surface area (Å²) in [5.41, 5.74) is 0.741. The average molecular weight is 379 g/mol. The highest BCUT2D eigenvalue weighted by atomic mass is 32.2. The Bertz CT molecular complexity index is 871. The van der Waals surface area contributed by atoms with E-state index in [1.165, 1.54) is 13.4 Å². The van der Waals surface area contributed by atoms with Gasteiger partial charge >= 0.3 is 10.1 Å². The molecule has 2 aromatic rings. The molecule has 1 aliphatic rings. The molecule has 3 rings (SSSR count). The lowest BCUT2D eigenvalue weighted by atomic mass is 10.1. The third kappa shape index (κ3) is 4.78. The van der Waals surface area contributed by atoms with Crippen molar-refractivity contribution in [3.63, 3.8) is 0 Å². The number of benzene rings is 1. The van der Waals surface area contributed by atoms with E-state index in [9.17, 15) is 13.2 Å². The van der Waals surface area contributed by atoms with Gasteiger partial charge in [0.2, 0.25) is 0 Å². The van der Waals surface area contributed by atoms with Gasteiger partial charge in [0.15, 0.2) is 17.3 Å². The maximum atomic E-state index is 12.7. The van der Waals surface area contributed by atoms with Crippen LogP contribution in [0.25, 0.3) is 0 Å². The van der Waals surface area contributed by atoms with Crippen LogP contribution in [0.1, 0.15) is 29.0 Å². The average Bonchev–Trinajstić information content (AvgIpc) is 3.22. The fourth-order valence-electron chi connectivity index (χ4n) is 2.66. The van der Waals surface area contributed by atoms with Gasteiger partial charge in [-0.1, -0.05) is 6.07 Å². The Morgan fingerprint density at radius 1 is 1.27 bits per heavy atom. The van der Waals surface area contributed by atoms with Gasteiger partial charge in [-0.2, -0.15) is 8.42 Å². The Hall–Kier alpha value is -2.48. The van der Waals surface area contributed by atoms with Crippen molar-refractivity contribution in [1.29, 1.82) is 0 Å². The minimum Gasteiger partial charge on any atom is -0.493 e. The summed E-state index contributed by atoms with van der Waals surface area (Å²) in [6.07, 6.45) is 4.65. The molecule has 1 aromatic carbocycles. The molecule has 0 N–H and O–H groups in total. The molecule has 140 valence electrons. The van der Waals surface area contributed by atoms with Crippen molar-refractivity contribution in [3.05, 3.63) is 47.9 Å². The van der Waals surface area contributed by atoms with Crippen LogP contribution in [0.3, 0.4) is 0 Å². The quantitative estimate of drug-likeness (QED) is 0.656. The number of hydrogen-bond donors (Lipinski definition) is 0. The molecule has 0 unspecified atom stereocenters. The van der Waals surface area contributed by atoms with Crippen molar-refractivity contribution in [2.24, 2.45) is 5.92 Å². The molecular weight excluding hydrogens is 358 g/mol. The number of methoxy groups -OCH3 is 1. The number of rotatable bonds is 8. The van der Waals surface area contributed by atoms with Crippen LogP contribution in [-0.4, -0.2) is 39.1 Å². The Kier molecular flexibility index (Phi) is 5.22. The molecule has 0 saturated heterocycles. The van der Waals surface area contributed by atoms with Crippen LogP contribution in [0, 0.1) is 5.92 Å². The maximum absolute atomic E-state index is 12.7. The van der Waals surface area contributed by atoms with E-state index >= 15 is 0 Å². The Balaban J connectivity index is 1.83.